The van der Waals surface area contributed by atoms with Crippen LogP contribution in [0.1, 0.15) is 16.7 Å². The molecule has 2 aromatic rings. The Hall–Kier alpha value is -3.53. The number of carbonyl (C=O) groups is 3. The molecule has 29 heavy (non-hydrogen) atoms. The minimum Gasteiger partial charge on any atom is -0.501 e. The van der Waals surface area contributed by atoms with E-state index in [1.807, 2.05) is 13.8 Å². The van der Waals surface area contributed by atoms with Gasteiger partial charge in [-0.25, -0.2) is 9.69 Å². The molecule has 0 unspecified atom stereocenters. The van der Waals surface area contributed by atoms with Crippen LogP contribution in [0.15, 0.2) is 40.4 Å². The largest absolute Gasteiger partial charge is 0.501 e. The number of nitrogens with zero attached hydrogens (tertiary/aromatic N) is 2. The van der Waals surface area contributed by atoms with E-state index in [2.05, 4.69) is 21.2 Å². The number of carbonyl (C=O) groups excluding carboxylic acids is 3. The Labute approximate surface area is 172 Å². The number of nitro groups is 1. The quantitative estimate of drug-likeness (QED) is 0.313. The number of nitrogens with one attached hydrogen (secondary N) is 1. The molecule has 3 rings (SSSR count). The fraction of sp³-hybridized carbons (Fsp3) is 0.105. The minimum absolute atomic E-state index is 0.0179. The van der Waals surface area contributed by atoms with E-state index in [0.29, 0.717) is 0 Å². The van der Waals surface area contributed by atoms with Gasteiger partial charge in [0.1, 0.15) is 5.57 Å². The summed E-state index contributed by atoms with van der Waals surface area (Å²) < 4.78 is 0.0179. The standard InChI is InChI=1S/C19H14BrN3O6/c1-9-3-4-12(5-10(9)2)22-18(26)13(17(25)21-19(22)27)6-11-7-14(20)16(24)15(8-11)23(28)29/h3-8,24H,1-2H3,(H,21,25,27). The number of phenols is 1. The van der Waals surface area contributed by atoms with Gasteiger partial charge in [0.15, 0.2) is 0 Å². The molecule has 1 aliphatic heterocycles. The van der Waals surface area contributed by atoms with Crippen molar-refractivity contribution in [2.45, 2.75) is 13.8 Å². The molecule has 0 bridgehead atoms. The molecular formula is C19H14BrN3O6. The highest BCUT2D eigenvalue weighted by molar-refractivity contribution is 9.10. The van der Waals surface area contributed by atoms with E-state index < -0.39 is 34.2 Å². The molecule has 0 radical (unpaired) electrons. The monoisotopic (exact) mass is 459 g/mol. The van der Waals surface area contributed by atoms with Crippen LogP contribution in [0, 0.1) is 24.0 Å². The number of halogens is 1. The first kappa shape index (κ1) is 20.2. The van der Waals surface area contributed by atoms with E-state index in [1.54, 1.807) is 18.2 Å². The number of amides is 4. The lowest BCUT2D eigenvalue weighted by Crippen LogP contribution is -2.54. The van der Waals surface area contributed by atoms with Crippen LogP contribution in [0.5, 0.6) is 5.75 Å². The van der Waals surface area contributed by atoms with Crippen molar-refractivity contribution in [2.24, 2.45) is 0 Å². The lowest BCUT2D eigenvalue weighted by Gasteiger charge is -2.26. The Morgan fingerprint density at radius 3 is 2.45 bits per heavy atom. The summed E-state index contributed by atoms with van der Waals surface area (Å²) in [5.74, 6) is -2.37. The second kappa shape index (κ2) is 7.47. The summed E-state index contributed by atoms with van der Waals surface area (Å²) in [5.41, 5.74) is 1.24. The van der Waals surface area contributed by atoms with Crippen LogP contribution < -0.4 is 10.2 Å². The molecule has 10 heteroatoms. The molecule has 4 amide bonds. The van der Waals surface area contributed by atoms with Gasteiger partial charge in [-0.3, -0.25) is 25.0 Å². The molecule has 0 atom stereocenters. The number of benzene rings is 2. The SMILES string of the molecule is Cc1ccc(N2C(=O)NC(=O)C(=Cc3cc(Br)c(O)c([N+](=O)[O-])c3)C2=O)cc1C. The van der Waals surface area contributed by atoms with Gasteiger partial charge in [0.25, 0.3) is 11.8 Å². The van der Waals surface area contributed by atoms with E-state index in [9.17, 15) is 29.6 Å². The second-order valence-electron chi connectivity index (χ2n) is 6.35. The van der Waals surface area contributed by atoms with Gasteiger partial charge in [-0.05, 0) is 70.7 Å². The van der Waals surface area contributed by atoms with Crippen molar-refractivity contribution in [1.29, 1.82) is 0 Å². The molecule has 0 aliphatic carbocycles. The zero-order chi connectivity index (χ0) is 21.5. The lowest BCUT2D eigenvalue weighted by molar-refractivity contribution is -0.386. The smallest absolute Gasteiger partial charge is 0.335 e. The summed E-state index contributed by atoms with van der Waals surface area (Å²) in [7, 11) is 0. The summed E-state index contributed by atoms with van der Waals surface area (Å²) in [4.78, 5) is 48.5. The number of urea groups is 1. The average molecular weight is 460 g/mol. The molecule has 148 valence electrons. The number of phenolic OH excluding ortho intramolecular Hbond substituents is 1. The third-order valence-electron chi connectivity index (χ3n) is 4.42. The van der Waals surface area contributed by atoms with E-state index in [-0.39, 0.29) is 21.3 Å². The molecule has 2 aromatic carbocycles. The molecule has 1 aliphatic rings. The maximum Gasteiger partial charge on any atom is 0.335 e. The maximum atomic E-state index is 12.9. The number of aryl methyl sites for hydroxylation is 2. The van der Waals surface area contributed by atoms with Gasteiger partial charge in [-0.1, -0.05) is 6.07 Å². The summed E-state index contributed by atoms with van der Waals surface area (Å²) in [5, 5.41) is 22.9. The van der Waals surface area contributed by atoms with Gasteiger partial charge in [0.05, 0.1) is 15.1 Å². The van der Waals surface area contributed by atoms with E-state index in [4.69, 9.17) is 0 Å². The normalized spacial score (nSPS) is 15.6. The van der Waals surface area contributed by atoms with Crippen molar-refractivity contribution in [3.05, 3.63) is 67.2 Å². The summed E-state index contributed by atoms with van der Waals surface area (Å²) in [6.45, 7) is 3.70. The van der Waals surface area contributed by atoms with Crippen LogP contribution in [-0.2, 0) is 9.59 Å². The number of barbiturate groups is 1. The van der Waals surface area contributed by atoms with Crippen molar-refractivity contribution in [2.75, 3.05) is 4.90 Å². The molecule has 1 fully saturated rings. The Bertz CT molecular complexity index is 1130. The van der Waals surface area contributed by atoms with Crippen LogP contribution in [0.3, 0.4) is 0 Å². The minimum atomic E-state index is -0.924. The molecule has 1 heterocycles. The third kappa shape index (κ3) is 3.74. The molecule has 9 nitrogen and oxygen atoms in total. The zero-order valence-corrected chi connectivity index (χ0v) is 16.8. The molecule has 1 saturated heterocycles. The molecule has 2 N–H and O–H groups in total. The van der Waals surface area contributed by atoms with Crippen molar-refractivity contribution < 1.29 is 24.4 Å². The predicted molar refractivity (Wildman–Crippen MR) is 107 cm³/mol. The zero-order valence-electron chi connectivity index (χ0n) is 15.2. The first-order valence-electron chi connectivity index (χ1n) is 8.25. The van der Waals surface area contributed by atoms with Crippen LogP contribution in [0.2, 0.25) is 0 Å². The highest BCUT2D eigenvalue weighted by Crippen LogP contribution is 2.36. The van der Waals surface area contributed by atoms with Crippen LogP contribution in [0.4, 0.5) is 16.2 Å². The first-order valence-corrected chi connectivity index (χ1v) is 9.05. The number of imide groups is 2. The summed E-state index contributed by atoms with van der Waals surface area (Å²) in [6.07, 6.45) is 1.12. The second-order valence-corrected chi connectivity index (χ2v) is 7.21. The molecule has 0 spiro atoms. The highest BCUT2D eigenvalue weighted by atomic mass is 79.9. The van der Waals surface area contributed by atoms with Gasteiger partial charge >= 0.3 is 11.7 Å². The van der Waals surface area contributed by atoms with Crippen LogP contribution >= 0.6 is 15.9 Å². The van der Waals surface area contributed by atoms with Crippen LogP contribution in [0.25, 0.3) is 6.08 Å². The Morgan fingerprint density at radius 2 is 1.83 bits per heavy atom. The van der Waals surface area contributed by atoms with Crippen molar-refractivity contribution in [1.82, 2.24) is 5.32 Å². The van der Waals surface area contributed by atoms with E-state index in [0.717, 1.165) is 28.2 Å². The van der Waals surface area contributed by atoms with Gasteiger partial charge < -0.3 is 5.11 Å². The van der Waals surface area contributed by atoms with E-state index >= 15 is 0 Å². The predicted octanol–water partition coefficient (Wildman–Crippen LogP) is 3.35. The number of nitro benzene ring substituents is 1. The molecule has 0 aromatic heterocycles. The van der Waals surface area contributed by atoms with Gasteiger partial charge in [-0.2, -0.15) is 0 Å². The van der Waals surface area contributed by atoms with E-state index in [1.165, 1.54) is 6.07 Å². The topological polar surface area (TPSA) is 130 Å². The van der Waals surface area contributed by atoms with Gasteiger partial charge in [0.2, 0.25) is 5.75 Å². The van der Waals surface area contributed by atoms with Crippen molar-refractivity contribution in [3.63, 3.8) is 0 Å². The summed E-state index contributed by atoms with van der Waals surface area (Å²) >= 11 is 3.00. The van der Waals surface area contributed by atoms with Crippen molar-refractivity contribution in [3.8, 4) is 5.75 Å². The van der Waals surface area contributed by atoms with Gasteiger partial charge in [0, 0.05) is 6.07 Å². The Morgan fingerprint density at radius 1 is 1.14 bits per heavy atom. The number of hydrogen-bond acceptors (Lipinski definition) is 6. The Kier molecular flexibility index (Phi) is 5.21. The fourth-order valence-electron chi connectivity index (χ4n) is 2.75. The van der Waals surface area contributed by atoms with Gasteiger partial charge in [-0.15, -0.1) is 0 Å². The Balaban J connectivity index is 2.08. The first-order chi connectivity index (χ1) is 13.6. The fourth-order valence-corrected chi connectivity index (χ4v) is 3.22. The number of anilines is 1. The molecule has 0 saturated carbocycles. The number of hydrogen-bond donors (Lipinski definition) is 2. The van der Waals surface area contributed by atoms with Crippen molar-refractivity contribution >= 4 is 51.2 Å². The maximum absolute atomic E-state index is 12.9. The summed E-state index contributed by atoms with van der Waals surface area (Å²) in [6, 6.07) is 6.40. The number of aromatic hydroxyl groups is 1. The third-order valence-corrected chi connectivity index (χ3v) is 5.03. The molecular weight excluding hydrogens is 446 g/mol. The average Bonchev–Trinajstić information content (AvgIpc) is 2.63. The highest BCUT2D eigenvalue weighted by Gasteiger charge is 2.37. The lowest BCUT2D eigenvalue weighted by atomic mass is 10.0. The number of rotatable bonds is 3. The van der Waals surface area contributed by atoms with Crippen LogP contribution in [-0.4, -0.2) is 27.9 Å².